The van der Waals surface area contributed by atoms with Crippen LogP contribution in [0.5, 0.6) is 0 Å². The van der Waals surface area contributed by atoms with Crippen LogP contribution in [0, 0.1) is 0 Å². The molecule has 2 N–H and O–H groups in total. The number of carbonyl (C=O) groups is 2. The number of aliphatic carboxylic acids is 1. The molecule has 1 amide bonds. The molecule has 92 valence electrons. The Bertz CT molecular complexity index is 284. The molecule has 0 heterocycles. The van der Waals surface area contributed by atoms with Gasteiger partial charge in [-0.15, -0.1) is 0 Å². The van der Waals surface area contributed by atoms with E-state index in [4.69, 9.17) is 9.84 Å². The smallest absolute Gasteiger partial charge is 0.407 e. The molecule has 0 aliphatic carbocycles. The van der Waals surface area contributed by atoms with Gasteiger partial charge in [0.1, 0.15) is 6.10 Å². The summed E-state index contributed by atoms with van der Waals surface area (Å²) < 4.78 is 5.00. The normalized spacial score (nSPS) is 13.4. The van der Waals surface area contributed by atoms with E-state index < -0.39 is 12.1 Å². The third-order valence-corrected chi connectivity index (χ3v) is 1.81. The maximum Gasteiger partial charge on any atom is 0.407 e. The van der Waals surface area contributed by atoms with Gasteiger partial charge in [0.05, 0.1) is 0 Å². The van der Waals surface area contributed by atoms with Gasteiger partial charge in [-0.05, 0) is 27.7 Å². The first-order valence-corrected chi connectivity index (χ1v) is 5.20. The van der Waals surface area contributed by atoms with Crippen molar-refractivity contribution >= 4 is 12.1 Å². The van der Waals surface area contributed by atoms with E-state index >= 15 is 0 Å². The van der Waals surface area contributed by atoms with Gasteiger partial charge in [0.2, 0.25) is 0 Å². The maximum atomic E-state index is 11.2. The van der Waals surface area contributed by atoms with Gasteiger partial charge < -0.3 is 15.2 Å². The first-order chi connectivity index (χ1) is 7.32. The minimum Gasteiger partial charge on any atom is -0.478 e. The largest absolute Gasteiger partial charge is 0.478 e. The van der Waals surface area contributed by atoms with Crippen LogP contribution in [-0.2, 0) is 9.53 Å². The van der Waals surface area contributed by atoms with Crippen molar-refractivity contribution < 1.29 is 19.4 Å². The fraction of sp³-hybridized carbons (Fsp3) is 0.636. The third kappa shape index (κ3) is 6.86. The van der Waals surface area contributed by atoms with E-state index in [1.165, 1.54) is 13.0 Å². The number of carboxylic acid groups (broad SMARTS) is 1. The van der Waals surface area contributed by atoms with Gasteiger partial charge in [-0.25, -0.2) is 9.59 Å². The summed E-state index contributed by atoms with van der Waals surface area (Å²) in [5, 5.41) is 11.2. The van der Waals surface area contributed by atoms with E-state index in [1.54, 1.807) is 6.92 Å². The number of alkyl carbamates (subject to hydrolysis) is 1. The van der Waals surface area contributed by atoms with E-state index in [-0.39, 0.29) is 17.7 Å². The van der Waals surface area contributed by atoms with Crippen molar-refractivity contribution in [3.05, 3.63) is 11.6 Å². The van der Waals surface area contributed by atoms with Crippen LogP contribution in [0.25, 0.3) is 0 Å². The molecule has 16 heavy (non-hydrogen) atoms. The van der Waals surface area contributed by atoms with Crippen LogP contribution in [0.2, 0.25) is 0 Å². The van der Waals surface area contributed by atoms with Crippen molar-refractivity contribution in [1.82, 2.24) is 5.32 Å². The minimum atomic E-state index is -0.959. The van der Waals surface area contributed by atoms with Gasteiger partial charge >= 0.3 is 12.1 Å². The number of hydrogen-bond donors (Lipinski definition) is 2. The summed E-state index contributed by atoms with van der Waals surface area (Å²) >= 11 is 0. The summed E-state index contributed by atoms with van der Waals surface area (Å²) in [5.74, 6) is -0.959. The molecule has 0 fully saturated rings. The summed E-state index contributed by atoms with van der Waals surface area (Å²) in [6, 6.07) is 0.0241. The highest BCUT2D eigenvalue weighted by molar-refractivity contribution is 5.85. The van der Waals surface area contributed by atoms with Crippen LogP contribution in [0.1, 0.15) is 34.1 Å². The fourth-order valence-corrected chi connectivity index (χ4v) is 0.931. The van der Waals surface area contributed by atoms with Crippen molar-refractivity contribution in [3.63, 3.8) is 0 Å². The summed E-state index contributed by atoms with van der Waals surface area (Å²) in [6.07, 6.45) is 1.11. The van der Waals surface area contributed by atoms with E-state index in [9.17, 15) is 9.59 Å². The highest BCUT2D eigenvalue weighted by atomic mass is 16.6. The summed E-state index contributed by atoms with van der Waals surface area (Å²) in [7, 11) is 0. The van der Waals surface area contributed by atoms with Crippen LogP contribution >= 0.6 is 0 Å². The molecular weight excluding hydrogens is 210 g/mol. The molecule has 1 unspecified atom stereocenters. The minimum absolute atomic E-state index is 0.0241. The van der Waals surface area contributed by atoms with Crippen LogP contribution in [0.4, 0.5) is 4.79 Å². The number of rotatable bonds is 5. The molecule has 0 aliphatic rings. The Morgan fingerprint density at radius 2 is 1.94 bits per heavy atom. The summed E-state index contributed by atoms with van der Waals surface area (Å²) in [5.41, 5.74) is 0.250. The van der Waals surface area contributed by atoms with Gasteiger partial charge in [0.15, 0.2) is 0 Å². The zero-order chi connectivity index (χ0) is 12.7. The quantitative estimate of drug-likeness (QED) is 0.706. The van der Waals surface area contributed by atoms with Crippen molar-refractivity contribution in [2.75, 3.05) is 0 Å². The lowest BCUT2D eigenvalue weighted by Gasteiger charge is -2.14. The lowest BCUT2D eigenvalue weighted by Crippen LogP contribution is -2.32. The third-order valence-electron chi connectivity index (χ3n) is 1.81. The van der Waals surface area contributed by atoms with Crippen molar-refractivity contribution in [2.24, 2.45) is 0 Å². The highest BCUT2D eigenvalue weighted by Crippen LogP contribution is 2.03. The highest BCUT2D eigenvalue weighted by Gasteiger charge is 2.09. The molecule has 0 bridgehead atoms. The standard InChI is InChI=1S/C11H19NO4/c1-7(2)12-11(15)16-9(4)6-5-8(3)10(13)14/h5,7,9H,6H2,1-4H3,(H,12,15)(H,13,14). The van der Waals surface area contributed by atoms with Crippen LogP contribution < -0.4 is 5.32 Å². The Hall–Kier alpha value is -1.52. The molecule has 0 spiro atoms. The predicted octanol–water partition coefficient (Wildman–Crippen LogP) is 1.93. The predicted molar refractivity (Wildman–Crippen MR) is 60.2 cm³/mol. The number of carboxylic acids is 1. The molecule has 5 heteroatoms. The van der Waals surface area contributed by atoms with E-state index in [1.807, 2.05) is 13.8 Å². The van der Waals surface area contributed by atoms with Gasteiger partial charge in [0, 0.05) is 18.0 Å². The molecule has 0 aromatic heterocycles. The summed E-state index contributed by atoms with van der Waals surface area (Å²) in [4.78, 5) is 21.7. The average Bonchev–Trinajstić information content (AvgIpc) is 2.12. The molecule has 5 nitrogen and oxygen atoms in total. The Labute approximate surface area is 95.5 Å². The number of ether oxygens (including phenoxy) is 1. The average molecular weight is 229 g/mol. The van der Waals surface area contributed by atoms with Crippen molar-refractivity contribution in [1.29, 1.82) is 0 Å². The van der Waals surface area contributed by atoms with E-state index in [0.717, 1.165) is 0 Å². The second-order valence-corrected chi connectivity index (χ2v) is 3.94. The maximum absolute atomic E-state index is 11.2. The number of carbonyl (C=O) groups excluding carboxylic acids is 1. The molecule has 0 aromatic rings. The Morgan fingerprint density at radius 3 is 2.38 bits per heavy atom. The molecule has 0 saturated carbocycles. The van der Waals surface area contributed by atoms with Gasteiger partial charge in [-0.1, -0.05) is 6.08 Å². The lowest BCUT2D eigenvalue weighted by atomic mass is 10.2. The fourth-order valence-electron chi connectivity index (χ4n) is 0.931. The molecule has 0 rings (SSSR count). The molecule has 0 aliphatic heterocycles. The Morgan fingerprint density at radius 1 is 1.38 bits per heavy atom. The monoisotopic (exact) mass is 229 g/mol. The number of hydrogen-bond acceptors (Lipinski definition) is 3. The Balaban J connectivity index is 4.00. The van der Waals surface area contributed by atoms with Gasteiger partial charge in [0.25, 0.3) is 0 Å². The van der Waals surface area contributed by atoms with Crippen molar-refractivity contribution in [2.45, 2.75) is 46.3 Å². The van der Waals surface area contributed by atoms with E-state index in [2.05, 4.69) is 5.32 Å². The molecule has 0 radical (unpaired) electrons. The van der Waals surface area contributed by atoms with Gasteiger partial charge in [-0.3, -0.25) is 0 Å². The Kier molecular flexibility index (Phi) is 6.22. The summed E-state index contributed by atoms with van der Waals surface area (Å²) in [6.45, 7) is 6.88. The molecule has 0 aromatic carbocycles. The van der Waals surface area contributed by atoms with E-state index in [0.29, 0.717) is 6.42 Å². The van der Waals surface area contributed by atoms with Crippen LogP contribution in [0.3, 0.4) is 0 Å². The van der Waals surface area contributed by atoms with Crippen molar-refractivity contribution in [3.8, 4) is 0 Å². The number of amides is 1. The van der Waals surface area contributed by atoms with Crippen LogP contribution in [0.15, 0.2) is 11.6 Å². The second kappa shape index (κ2) is 6.87. The topological polar surface area (TPSA) is 75.6 Å². The molecule has 1 atom stereocenters. The SMILES string of the molecule is CC(=CCC(C)OC(=O)NC(C)C)C(=O)O. The molecular formula is C11H19NO4. The first-order valence-electron chi connectivity index (χ1n) is 5.20. The second-order valence-electron chi connectivity index (χ2n) is 3.94. The molecule has 0 saturated heterocycles. The zero-order valence-corrected chi connectivity index (χ0v) is 10.1. The first kappa shape index (κ1) is 14.5. The zero-order valence-electron chi connectivity index (χ0n) is 10.1. The van der Waals surface area contributed by atoms with Crippen LogP contribution in [-0.4, -0.2) is 29.3 Å². The lowest BCUT2D eigenvalue weighted by molar-refractivity contribution is -0.132. The number of nitrogens with one attached hydrogen (secondary N) is 1. The van der Waals surface area contributed by atoms with Gasteiger partial charge in [-0.2, -0.15) is 0 Å².